The van der Waals surface area contributed by atoms with Gasteiger partial charge in [0.2, 0.25) is 0 Å². The van der Waals surface area contributed by atoms with E-state index < -0.39 is 48.9 Å². The first-order valence-corrected chi connectivity index (χ1v) is 8.92. The van der Waals surface area contributed by atoms with Crippen LogP contribution in [-0.4, -0.2) is 17.2 Å². The maximum Gasteiger partial charge on any atom is 0.281 e. The van der Waals surface area contributed by atoms with Crippen molar-refractivity contribution in [1.82, 2.24) is 0 Å². The summed E-state index contributed by atoms with van der Waals surface area (Å²) < 4.78 is 71.0. The van der Waals surface area contributed by atoms with E-state index in [0.717, 1.165) is 12.1 Å². The minimum absolute atomic E-state index is 0.0543. The molecule has 28 heavy (non-hydrogen) atoms. The molecule has 2 aliphatic rings. The standard InChI is InChI=1S/C20H13ClF5NO/c21-14-2-1-10(13-6-20(25,26)19(28)17(13)14)11-5-15(23)18(24)12-4-9(22)3-8(7-27)16(11)12/h1-4,11,15,18-19,28H,5-6H2/t11-,15+,18-,19+/m1/s1. The van der Waals surface area contributed by atoms with Crippen LogP contribution in [0.5, 0.6) is 0 Å². The molecule has 4 atom stereocenters. The highest BCUT2D eigenvalue weighted by Crippen LogP contribution is 2.52. The van der Waals surface area contributed by atoms with Gasteiger partial charge in [-0.2, -0.15) is 5.26 Å². The summed E-state index contributed by atoms with van der Waals surface area (Å²) in [5, 5.41) is 19.3. The average molecular weight is 414 g/mol. The zero-order valence-electron chi connectivity index (χ0n) is 14.2. The number of alkyl halides is 4. The summed E-state index contributed by atoms with van der Waals surface area (Å²) in [7, 11) is 0. The molecule has 2 aromatic rings. The molecule has 0 aliphatic heterocycles. The number of aliphatic hydroxyl groups excluding tert-OH is 1. The second kappa shape index (κ2) is 6.43. The van der Waals surface area contributed by atoms with Gasteiger partial charge in [-0.1, -0.05) is 17.7 Å². The SMILES string of the molecule is N#Cc1cc(F)cc2c1[C@@H](c1ccc(Cl)c3c1CC(F)(F)[C@H]3O)C[C@H](F)[C@@H]2F. The molecule has 0 fully saturated rings. The summed E-state index contributed by atoms with van der Waals surface area (Å²) in [4.78, 5) is 0. The van der Waals surface area contributed by atoms with Crippen molar-refractivity contribution in [3.05, 3.63) is 68.5 Å². The molecule has 2 nitrogen and oxygen atoms in total. The second-order valence-electron chi connectivity index (χ2n) is 7.14. The molecule has 0 aromatic heterocycles. The topological polar surface area (TPSA) is 44.0 Å². The number of rotatable bonds is 1. The molecule has 2 aromatic carbocycles. The lowest BCUT2D eigenvalue weighted by Crippen LogP contribution is -2.25. The lowest BCUT2D eigenvalue weighted by molar-refractivity contribution is -0.0968. The van der Waals surface area contributed by atoms with Crippen LogP contribution in [-0.2, 0) is 6.42 Å². The Balaban J connectivity index is 1.97. The first-order chi connectivity index (χ1) is 13.2. The molecular weight excluding hydrogens is 401 g/mol. The van der Waals surface area contributed by atoms with Crippen LogP contribution in [0.25, 0.3) is 0 Å². The van der Waals surface area contributed by atoms with Gasteiger partial charge in [-0.15, -0.1) is 0 Å². The smallest absolute Gasteiger partial charge is 0.281 e. The van der Waals surface area contributed by atoms with E-state index in [2.05, 4.69) is 0 Å². The summed E-state index contributed by atoms with van der Waals surface area (Å²) >= 11 is 6.00. The Morgan fingerprint density at radius 2 is 1.86 bits per heavy atom. The van der Waals surface area contributed by atoms with Crippen molar-refractivity contribution in [3.63, 3.8) is 0 Å². The fourth-order valence-corrected chi connectivity index (χ4v) is 4.58. The van der Waals surface area contributed by atoms with Crippen LogP contribution in [0.3, 0.4) is 0 Å². The quantitative estimate of drug-likeness (QED) is 0.631. The van der Waals surface area contributed by atoms with Crippen LogP contribution in [0, 0.1) is 17.1 Å². The third-order valence-electron chi connectivity index (χ3n) is 5.52. The average Bonchev–Trinajstić information content (AvgIpc) is 2.88. The highest BCUT2D eigenvalue weighted by Gasteiger charge is 2.50. The largest absolute Gasteiger partial charge is 0.382 e. The number of benzene rings is 2. The number of aliphatic hydroxyl groups is 1. The number of hydrogen-bond donors (Lipinski definition) is 1. The van der Waals surface area contributed by atoms with Gasteiger partial charge in [0.05, 0.1) is 11.6 Å². The van der Waals surface area contributed by atoms with Crippen LogP contribution in [0.2, 0.25) is 5.02 Å². The van der Waals surface area contributed by atoms with E-state index in [-0.39, 0.29) is 38.4 Å². The highest BCUT2D eigenvalue weighted by molar-refractivity contribution is 6.31. The molecule has 0 unspecified atom stereocenters. The van der Waals surface area contributed by atoms with Gasteiger partial charge in [0.15, 0.2) is 6.17 Å². The second-order valence-corrected chi connectivity index (χ2v) is 7.55. The molecule has 0 saturated heterocycles. The Morgan fingerprint density at radius 3 is 2.54 bits per heavy atom. The Bertz CT molecular complexity index is 1020. The Kier molecular flexibility index (Phi) is 4.40. The lowest BCUT2D eigenvalue weighted by atomic mass is 9.74. The summed E-state index contributed by atoms with van der Waals surface area (Å²) in [5.74, 6) is -5.29. The van der Waals surface area contributed by atoms with E-state index in [0.29, 0.717) is 0 Å². The van der Waals surface area contributed by atoms with Crippen LogP contribution < -0.4 is 0 Å². The fraction of sp³-hybridized carbons (Fsp3) is 0.350. The summed E-state index contributed by atoms with van der Waals surface area (Å²) in [6.07, 6.45) is -7.45. The first kappa shape index (κ1) is 19.2. The maximum absolute atomic E-state index is 14.4. The van der Waals surface area contributed by atoms with Gasteiger partial charge < -0.3 is 5.11 Å². The zero-order chi connectivity index (χ0) is 20.4. The third-order valence-corrected chi connectivity index (χ3v) is 5.85. The van der Waals surface area contributed by atoms with Gasteiger partial charge in [-0.25, -0.2) is 22.0 Å². The Hall–Kier alpha value is -2.17. The van der Waals surface area contributed by atoms with Gasteiger partial charge in [0, 0.05) is 22.9 Å². The van der Waals surface area contributed by atoms with E-state index in [4.69, 9.17) is 11.6 Å². The lowest BCUT2D eigenvalue weighted by Gasteiger charge is -2.32. The number of hydrogen-bond acceptors (Lipinski definition) is 2. The van der Waals surface area contributed by atoms with Crippen molar-refractivity contribution in [1.29, 1.82) is 5.26 Å². The maximum atomic E-state index is 14.4. The van der Waals surface area contributed by atoms with Gasteiger partial charge in [-0.3, -0.25) is 0 Å². The molecule has 0 saturated carbocycles. The number of nitriles is 1. The molecule has 0 bridgehead atoms. The molecular formula is C20H13ClF5NO. The van der Waals surface area contributed by atoms with E-state index in [1.54, 1.807) is 6.07 Å². The van der Waals surface area contributed by atoms with Gasteiger partial charge in [0.25, 0.3) is 5.92 Å². The van der Waals surface area contributed by atoms with E-state index in [9.17, 15) is 32.3 Å². The Morgan fingerprint density at radius 1 is 1.14 bits per heavy atom. The normalized spacial score (nSPS) is 27.8. The molecule has 2 aliphatic carbocycles. The predicted molar refractivity (Wildman–Crippen MR) is 91.4 cm³/mol. The molecule has 146 valence electrons. The van der Waals surface area contributed by atoms with Crippen molar-refractivity contribution in [2.75, 3.05) is 0 Å². The predicted octanol–water partition coefficient (Wildman–Crippen LogP) is 5.46. The number of halogens is 6. The number of nitrogens with zero attached hydrogens (tertiary/aromatic N) is 1. The molecule has 1 N–H and O–H groups in total. The van der Waals surface area contributed by atoms with E-state index in [1.165, 1.54) is 12.1 Å². The van der Waals surface area contributed by atoms with Crippen LogP contribution in [0.1, 0.15) is 58.0 Å². The Labute approximate surface area is 162 Å². The van der Waals surface area contributed by atoms with Crippen molar-refractivity contribution in [2.45, 2.75) is 43.1 Å². The highest BCUT2D eigenvalue weighted by atomic mass is 35.5. The van der Waals surface area contributed by atoms with Gasteiger partial charge in [0.1, 0.15) is 18.1 Å². The summed E-state index contributed by atoms with van der Waals surface area (Å²) in [6.45, 7) is 0. The zero-order valence-corrected chi connectivity index (χ0v) is 15.0. The monoisotopic (exact) mass is 413 g/mol. The van der Waals surface area contributed by atoms with E-state index in [1.807, 2.05) is 0 Å². The van der Waals surface area contributed by atoms with Gasteiger partial charge >= 0.3 is 0 Å². The van der Waals surface area contributed by atoms with Crippen molar-refractivity contribution in [2.24, 2.45) is 0 Å². The summed E-state index contributed by atoms with van der Waals surface area (Å²) in [5.41, 5.74) is -0.255. The molecule has 0 amide bonds. The summed E-state index contributed by atoms with van der Waals surface area (Å²) in [6, 6.07) is 6.25. The van der Waals surface area contributed by atoms with Crippen LogP contribution >= 0.6 is 11.6 Å². The van der Waals surface area contributed by atoms with Crippen LogP contribution in [0.4, 0.5) is 22.0 Å². The molecule has 0 spiro atoms. The fourth-order valence-electron chi connectivity index (χ4n) is 4.30. The molecule has 4 rings (SSSR count). The van der Waals surface area contributed by atoms with Crippen molar-refractivity contribution < 1.29 is 27.1 Å². The molecule has 8 heteroatoms. The molecule has 0 radical (unpaired) electrons. The minimum atomic E-state index is -3.46. The first-order valence-electron chi connectivity index (χ1n) is 8.54. The van der Waals surface area contributed by atoms with Crippen molar-refractivity contribution in [3.8, 4) is 6.07 Å². The third kappa shape index (κ3) is 2.70. The van der Waals surface area contributed by atoms with Crippen molar-refractivity contribution >= 4 is 11.6 Å². The van der Waals surface area contributed by atoms with Gasteiger partial charge in [-0.05, 0) is 46.9 Å². The molecule has 0 heterocycles. The van der Waals surface area contributed by atoms with Crippen LogP contribution in [0.15, 0.2) is 24.3 Å². The van der Waals surface area contributed by atoms with E-state index >= 15 is 0 Å². The number of fused-ring (bicyclic) bond motifs is 2. The minimum Gasteiger partial charge on any atom is -0.382 e.